The Morgan fingerprint density at radius 1 is 1.25 bits per heavy atom. The fourth-order valence-corrected chi connectivity index (χ4v) is 3.68. The van der Waals surface area contributed by atoms with Gasteiger partial charge in [-0.3, -0.25) is 0 Å². The van der Waals surface area contributed by atoms with Gasteiger partial charge in [-0.25, -0.2) is 4.98 Å². The zero-order valence-corrected chi connectivity index (χ0v) is 14.4. The summed E-state index contributed by atoms with van der Waals surface area (Å²) in [5.74, 6) is 0. The van der Waals surface area contributed by atoms with Gasteiger partial charge in [0.25, 0.3) is 0 Å². The lowest BCUT2D eigenvalue weighted by atomic mass is 10.1. The number of benzene rings is 1. The largest absolute Gasteiger partial charge is 0.308 e. The second-order valence-electron chi connectivity index (χ2n) is 6.05. The van der Waals surface area contributed by atoms with Crippen LogP contribution in [0.5, 0.6) is 0 Å². The van der Waals surface area contributed by atoms with Crippen molar-refractivity contribution < 1.29 is 0 Å². The third-order valence-electron chi connectivity index (χ3n) is 2.93. The monoisotopic (exact) mass is 306 g/mol. The molecule has 0 aliphatic carbocycles. The Morgan fingerprint density at radius 2 is 2.00 bits per heavy atom. The van der Waals surface area contributed by atoms with Gasteiger partial charge in [0.2, 0.25) is 0 Å². The van der Waals surface area contributed by atoms with E-state index >= 15 is 0 Å². The van der Waals surface area contributed by atoms with Crippen LogP contribution in [0.1, 0.15) is 37.6 Å². The SMILES string of the molecule is Cc1csc(Sc2ccc(CNC(C)(C)C)c(C)c2)n1. The van der Waals surface area contributed by atoms with E-state index in [9.17, 15) is 0 Å². The first-order valence-electron chi connectivity index (χ1n) is 6.78. The molecule has 0 spiro atoms. The molecular formula is C16H22N2S2. The minimum atomic E-state index is 0.151. The van der Waals surface area contributed by atoms with E-state index in [0.717, 1.165) is 16.6 Å². The summed E-state index contributed by atoms with van der Waals surface area (Å²) in [6, 6.07) is 6.66. The summed E-state index contributed by atoms with van der Waals surface area (Å²) >= 11 is 3.45. The number of thiazole rings is 1. The third-order valence-corrected chi connectivity index (χ3v) is 4.97. The predicted molar refractivity (Wildman–Crippen MR) is 88.7 cm³/mol. The van der Waals surface area contributed by atoms with Gasteiger partial charge in [0.1, 0.15) is 0 Å². The van der Waals surface area contributed by atoms with Crippen LogP contribution in [0.3, 0.4) is 0 Å². The molecule has 0 unspecified atom stereocenters. The van der Waals surface area contributed by atoms with Crippen molar-refractivity contribution in [2.75, 3.05) is 0 Å². The summed E-state index contributed by atoms with van der Waals surface area (Å²) in [6.45, 7) is 11.7. The fourth-order valence-electron chi connectivity index (χ4n) is 1.77. The van der Waals surface area contributed by atoms with E-state index in [2.05, 4.69) is 61.6 Å². The third kappa shape index (κ3) is 4.62. The molecule has 20 heavy (non-hydrogen) atoms. The molecule has 4 heteroatoms. The molecule has 1 heterocycles. The minimum Gasteiger partial charge on any atom is -0.308 e. The van der Waals surface area contributed by atoms with Gasteiger partial charge in [-0.2, -0.15) is 0 Å². The van der Waals surface area contributed by atoms with Crippen molar-refractivity contribution in [3.05, 3.63) is 40.4 Å². The predicted octanol–water partition coefficient (Wildman–Crippen LogP) is 4.80. The molecule has 0 bridgehead atoms. The van der Waals surface area contributed by atoms with Crippen LogP contribution in [0.2, 0.25) is 0 Å². The zero-order chi connectivity index (χ0) is 14.8. The Balaban J connectivity index is 2.05. The van der Waals surface area contributed by atoms with Gasteiger partial charge in [0.05, 0.1) is 0 Å². The topological polar surface area (TPSA) is 24.9 Å². The van der Waals surface area contributed by atoms with Crippen LogP contribution < -0.4 is 5.32 Å². The first-order valence-corrected chi connectivity index (χ1v) is 8.48. The summed E-state index contributed by atoms with van der Waals surface area (Å²) in [5, 5.41) is 5.63. The van der Waals surface area contributed by atoms with Crippen molar-refractivity contribution >= 4 is 23.1 Å². The molecule has 0 saturated heterocycles. The van der Waals surface area contributed by atoms with Crippen LogP contribution in [0.25, 0.3) is 0 Å². The van der Waals surface area contributed by atoms with Gasteiger partial charge in [0, 0.05) is 28.1 Å². The molecule has 2 nitrogen and oxygen atoms in total. The van der Waals surface area contributed by atoms with Crippen molar-refractivity contribution in [2.45, 2.75) is 55.9 Å². The minimum absolute atomic E-state index is 0.151. The van der Waals surface area contributed by atoms with E-state index < -0.39 is 0 Å². The van der Waals surface area contributed by atoms with Crippen LogP contribution >= 0.6 is 23.1 Å². The van der Waals surface area contributed by atoms with E-state index in [1.54, 1.807) is 23.1 Å². The second-order valence-corrected chi connectivity index (χ2v) is 8.23. The number of nitrogens with zero attached hydrogens (tertiary/aromatic N) is 1. The highest BCUT2D eigenvalue weighted by atomic mass is 32.2. The van der Waals surface area contributed by atoms with E-state index in [0.29, 0.717) is 0 Å². The number of aryl methyl sites for hydroxylation is 2. The molecule has 0 aliphatic heterocycles. The van der Waals surface area contributed by atoms with Gasteiger partial charge in [-0.1, -0.05) is 17.8 Å². The average Bonchev–Trinajstić information content (AvgIpc) is 2.72. The van der Waals surface area contributed by atoms with Gasteiger partial charge in [0.15, 0.2) is 4.34 Å². The van der Waals surface area contributed by atoms with Gasteiger partial charge < -0.3 is 5.32 Å². The number of nitrogens with one attached hydrogen (secondary N) is 1. The molecule has 0 atom stereocenters. The van der Waals surface area contributed by atoms with Crippen molar-refractivity contribution in [3.8, 4) is 0 Å². The van der Waals surface area contributed by atoms with Crippen molar-refractivity contribution in [1.29, 1.82) is 0 Å². The average molecular weight is 307 g/mol. The summed E-state index contributed by atoms with van der Waals surface area (Å²) in [6.07, 6.45) is 0. The molecule has 108 valence electrons. The summed E-state index contributed by atoms with van der Waals surface area (Å²) in [7, 11) is 0. The fraction of sp³-hybridized carbons (Fsp3) is 0.438. The van der Waals surface area contributed by atoms with Gasteiger partial charge in [-0.15, -0.1) is 11.3 Å². The van der Waals surface area contributed by atoms with Crippen molar-refractivity contribution in [3.63, 3.8) is 0 Å². The van der Waals surface area contributed by atoms with Crippen LogP contribution in [0.15, 0.2) is 32.8 Å². The number of rotatable bonds is 4. The lowest BCUT2D eigenvalue weighted by molar-refractivity contribution is 0.424. The molecular weight excluding hydrogens is 284 g/mol. The first-order chi connectivity index (χ1) is 9.33. The maximum Gasteiger partial charge on any atom is 0.154 e. The standard InChI is InChI=1S/C16H22N2S2/c1-11-8-14(20-15-18-12(2)10-19-15)7-6-13(11)9-17-16(3,4)5/h6-8,10,17H,9H2,1-5H3. The lowest BCUT2D eigenvalue weighted by Crippen LogP contribution is -2.35. The maximum absolute atomic E-state index is 4.50. The van der Waals surface area contributed by atoms with Gasteiger partial charge >= 0.3 is 0 Å². The van der Waals surface area contributed by atoms with E-state index in [-0.39, 0.29) is 5.54 Å². The molecule has 1 aromatic carbocycles. The molecule has 2 rings (SSSR count). The normalized spacial score (nSPS) is 11.8. The summed E-state index contributed by atoms with van der Waals surface area (Å²) in [4.78, 5) is 5.76. The lowest BCUT2D eigenvalue weighted by Gasteiger charge is -2.21. The number of aromatic nitrogens is 1. The maximum atomic E-state index is 4.50. The van der Waals surface area contributed by atoms with Crippen LogP contribution in [-0.4, -0.2) is 10.5 Å². The van der Waals surface area contributed by atoms with E-state index in [1.165, 1.54) is 16.0 Å². The second kappa shape index (κ2) is 6.29. The zero-order valence-electron chi connectivity index (χ0n) is 12.8. The van der Waals surface area contributed by atoms with Crippen LogP contribution in [0.4, 0.5) is 0 Å². The Hall–Kier alpha value is -0.840. The molecule has 0 fully saturated rings. The molecule has 2 aromatic rings. The molecule has 0 radical (unpaired) electrons. The molecule has 1 aromatic heterocycles. The first kappa shape index (κ1) is 15.5. The highest BCUT2D eigenvalue weighted by Crippen LogP contribution is 2.31. The summed E-state index contributed by atoms with van der Waals surface area (Å²) < 4.78 is 1.11. The summed E-state index contributed by atoms with van der Waals surface area (Å²) in [5.41, 5.74) is 3.94. The Kier molecular flexibility index (Phi) is 4.89. The Bertz CT molecular complexity index is 582. The van der Waals surface area contributed by atoms with Crippen molar-refractivity contribution in [2.24, 2.45) is 0 Å². The van der Waals surface area contributed by atoms with Crippen LogP contribution in [-0.2, 0) is 6.54 Å². The highest BCUT2D eigenvalue weighted by molar-refractivity contribution is 8.01. The number of hydrogen-bond donors (Lipinski definition) is 1. The Morgan fingerprint density at radius 3 is 2.55 bits per heavy atom. The quantitative estimate of drug-likeness (QED) is 0.878. The van der Waals surface area contributed by atoms with Crippen LogP contribution in [0, 0.1) is 13.8 Å². The van der Waals surface area contributed by atoms with Crippen molar-refractivity contribution in [1.82, 2.24) is 10.3 Å². The number of hydrogen-bond acceptors (Lipinski definition) is 4. The Labute approximate surface area is 130 Å². The molecule has 1 N–H and O–H groups in total. The molecule has 0 amide bonds. The van der Waals surface area contributed by atoms with E-state index in [1.807, 2.05) is 6.92 Å². The molecule has 0 saturated carbocycles. The smallest absolute Gasteiger partial charge is 0.154 e. The van der Waals surface area contributed by atoms with Gasteiger partial charge in [-0.05, 0) is 57.9 Å². The molecule has 0 aliphatic rings. The highest BCUT2D eigenvalue weighted by Gasteiger charge is 2.10. The van der Waals surface area contributed by atoms with E-state index in [4.69, 9.17) is 0 Å².